The Hall–Kier alpha value is -1.59. The molecule has 0 saturated carbocycles. The van der Waals surface area contributed by atoms with Crippen molar-refractivity contribution in [3.63, 3.8) is 0 Å². The van der Waals surface area contributed by atoms with Crippen LogP contribution in [0.2, 0.25) is 0 Å². The van der Waals surface area contributed by atoms with E-state index in [0.29, 0.717) is 6.42 Å². The number of carbonyl (C=O) groups is 3. The van der Waals surface area contributed by atoms with Gasteiger partial charge in [-0.1, -0.05) is 51.9 Å². The summed E-state index contributed by atoms with van der Waals surface area (Å²) in [5.41, 5.74) is 0. The van der Waals surface area contributed by atoms with Crippen molar-refractivity contribution in [2.45, 2.75) is 90.0 Å². The van der Waals surface area contributed by atoms with Crippen molar-refractivity contribution in [1.29, 1.82) is 0 Å². The molecular weight excluding hydrogens is 298 g/mol. The molecule has 0 fully saturated rings. The summed E-state index contributed by atoms with van der Waals surface area (Å²) in [6.45, 7) is 2.19. The Balaban J connectivity index is 3.74. The average molecular weight is 329 g/mol. The Morgan fingerprint density at radius 1 is 0.826 bits per heavy atom. The lowest BCUT2D eigenvalue weighted by Gasteiger charge is -2.14. The summed E-state index contributed by atoms with van der Waals surface area (Å²) >= 11 is 0. The largest absolute Gasteiger partial charge is 0.481 e. The van der Waals surface area contributed by atoms with Gasteiger partial charge in [0.05, 0.1) is 0 Å². The molecule has 0 aromatic rings. The number of rotatable bonds is 15. The second-order valence-corrected chi connectivity index (χ2v) is 5.97. The zero-order valence-electron chi connectivity index (χ0n) is 14.2. The average Bonchev–Trinajstić information content (AvgIpc) is 2.48. The molecule has 0 aliphatic rings. The first kappa shape index (κ1) is 21.4. The van der Waals surface area contributed by atoms with Crippen LogP contribution in [0.1, 0.15) is 84.0 Å². The zero-order chi connectivity index (χ0) is 17.5. The molecule has 1 atom stereocenters. The number of aliphatic carboxylic acids is 2. The minimum absolute atomic E-state index is 0.0856. The maximum absolute atomic E-state index is 11.7. The number of carboxylic acids is 2. The van der Waals surface area contributed by atoms with Gasteiger partial charge in [0.2, 0.25) is 5.91 Å². The Morgan fingerprint density at radius 3 is 1.91 bits per heavy atom. The molecule has 0 spiro atoms. The number of carboxylic acid groups (broad SMARTS) is 2. The highest BCUT2D eigenvalue weighted by atomic mass is 16.4. The highest BCUT2D eigenvalue weighted by Gasteiger charge is 2.19. The second-order valence-electron chi connectivity index (χ2n) is 5.97. The second kappa shape index (κ2) is 14.0. The van der Waals surface area contributed by atoms with Gasteiger partial charge in [0.25, 0.3) is 0 Å². The zero-order valence-corrected chi connectivity index (χ0v) is 14.2. The number of amides is 1. The fraction of sp³-hybridized carbons (Fsp3) is 0.824. The molecule has 0 aliphatic carbocycles. The van der Waals surface area contributed by atoms with Gasteiger partial charge in [0.1, 0.15) is 6.04 Å². The summed E-state index contributed by atoms with van der Waals surface area (Å²) in [5, 5.41) is 20.1. The molecule has 0 bridgehead atoms. The van der Waals surface area contributed by atoms with E-state index in [1.165, 1.54) is 32.1 Å². The Morgan fingerprint density at radius 2 is 1.39 bits per heavy atom. The van der Waals surface area contributed by atoms with Gasteiger partial charge in [0, 0.05) is 12.8 Å². The normalized spacial score (nSPS) is 11.9. The molecule has 0 unspecified atom stereocenters. The number of unbranched alkanes of at least 4 members (excludes halogenated alkanes) is 7. The van der Waals surface area contributed by atoms with Crippen molar-refractivity contribution in [2.24, 2.45) is 0 Å². The smallest absolute Gasteiger partial charge is 0.326 e. The number of carbonyl (C=O) groups excluding carboxylic acids is 1. The molecule has 6 nitrogen and oxygen atoms in total. The van der Waals surface area contributed by atoms with Crippen molar-refractivity contribution >= 4 is 17.8 Å². The van der Waals surface area contributed by atoms with Gasteiger partial charge < -0.3 is 15.5 Å². The summed E-state index contributed by atoms with van der Waals surface area (Å²) < 4.78 is 0. The molecule has 0 heterocycles. The maximum Gasteiger partial charge on any atom is 0.326 e. The number of hydrogen-bond acceptors (Lipinski definition) is 3. The minimum atomic E-state index is -1.11. The fourth-order valence-corrected chi connectivity index (χ4v) is 2.40. The van der Waals surface area contributed by atoms with Gasteiger partial charge >= 0.3 is 11.9 Å². The molecule has 0 aromatic carbocycles. The molecule has 23 heavy (non-hydrogen) atoms. The lowest BCUT2D eigenvalue weighted by Crippen LogP contribution is -2.40. The molecule has 0 radical (unpaired) electrons. The van der Waals surface area contributed by atoms with Gasteiger partial charge in [-0.05, 0) is 19.3 Å². The SMILES string of the molecule is CCCCCCCCCCC(=O)N[C@H](CCCC(=O)O)C(=O)O. The van der Waals surface area contributed by atoms with E-state index in [4.69, 9.17) is 10.2 Å². The summed E-state index contributed by atoms with van der Waals surface area (Å²) in [6, 6.07) is -0.990. The van der Waals surface area contributed by atoms with E-state index in [9.17, 15) is 14.4 Å². The molecule has 6 heteroatoms. The summed E-state index contributed by atoms with van der Waals surface area (Å²) in [6.07, 6.45) is 9.70. The molecule has 0 aliphatic heterocycles. The molecular formula is C17H31NO5. The minimum Gasteiger partial charge on any atom is -0.481 e. The maximum atomic E-state index is 11.7. The van der Waals surface area contributed by atoms with E-state index in [-0.39, 0.29) is 25.2 Å². The Kier molecular flexibility index (Phi) is 13.1. The van der Waals surface area contributed by atoms with Gasteiger partial charge in [0.15, 0.2) is 0 Å². The van der Waals surface area contributed by atoms with Crippen LogP contribution in [0.3, 0.4) is 0 Å². The van der Waals surface area contributed by atoms with Crippen LogP contribution in [-0.4, -0.2) is 34.1 Å². The number of hydrogen-bond donors (Lipinski definition) is 3. The fourth-order valence-electron chi connectivity index (χ4n) is 2.40. The lowest BCUT2D eigenvalue weighted by atomic mass is 10.1. The van der Waals surface area contributed by atoms with E-state index < -0.39 is 18.0 Å². The first-order valence-electron chi connectivity index (χ1n) is 8.71. The van der Waals surface area contributed by atoms with Gasteiger partial charge in [-0.25, -0.2) is 4.79 Å². The van der Waals surface area contributed by atoms with E-state index in [2.05, 4.69) is 12.2 Å². The Labute approximate surface area is 138 Å². The van der Waals surface area contributed by atoms with Gasteiger partial charge in [-0.2, -0.15) is 0 Å². The van der Waals surface area contributed by atoms with Gasteiger partial charge in [-0.3, -0.25) is 9.59 Å². The topological polar surface area (TPSA) is 104 Å². The standard InChI is InChI=1S/C17H31NO5/c1-2-3-4-5-6-7-8-9-12-15(19)18-14(17(22)23)11-10-13-16(20)21/h14H,2-13H2,1H3,(H,18,19)(H,20,21)(H,22,23)/t14-/m1/s1. The van der Waals surface area contributed by atoms with Crippen LogP contribution in [0.4, 0.5) is 0 Å². The first-order valence-corrected chi connectivity index (χ1v) is 8.71. The molecule has 0 rings (SSSR count). The van der Waals surface area contributed by atoms with Crippen LogP contribution in [0.5, 0.6) is 0 Å². The van der Waals surface area contributed by atoms with E-state index in [1.54, 1.807) is 0 Å². The highest BCUT2D eigenvalue weighted by Crippen LogP contribution is 2.10. The van der Waals surface area contributed by atoms with Crippen LogP contribution < -0.4 is 5.32 Å². The predicted molar refractivity (Wildman–Crippen MR) is 88.3 cm³/mol. The predicted octanol–water partition coefficient (Wildman–Crippen LogP) is 3.34. The third-order valence-corrected chi connectivity index (χ3v) is 3.77. The quantitative estimate of drug-likeness (QED) is 0.400. The van der Waals surface area contributed by atoms with Crippen molar-refractivity contribution in [3.8, 4) is 0 Å². The molecule has 0 aromatic heterocycles. The molecule has 3 N–H and O–H groups in total. The van der Waals surface area contributed by atoms with Crippen LogP contribution >= 0.6 is 0 Å². The lowest BCUT2D eigenvalue weighted by molar-refractivity contribution is -0.142. The molecule has 0 saturated heterocycles. The van der Waals surface area contributed by atoms with Crippen molar-refractivity contribution in [2.75, 3.05) is 0 Å². The van der Waals surface area contributed by atoms with Crippen molar-refractivity contribution in [1.82, 2.24) is 5.32 Å². The van der Waals surface area contributed by atoms with E-state index in [1.807, 2.05) is 0 Å². The van der Waals surface area contributed by atoms with E-state index in [0.717, 1.165) is 19.3 Å². The number of nitrogens with one attached hydrogen (secondary N) is 1. The first-order chi connectivity index (χ1) is 11.0. The summed E-state index contributed by atoms with van der Waals surface area (Å²) in [4.78, 5) is 33.2. The van der Waals surface area contributed by atoms with Crippen LogP contribution in [-0.2, 0) is 14.4 Å². The third kappa shape index (κ3) is 13.8. The Bertz CT molecular complexity index is 357. The van der Waals surface area contributed by atoms with Crippen LogP contribution in [0.15, 0.2) is 0 Å². The summed E-state index contributed by atoms with van der Waals surface area (Å²) in [7, 11) is 0. The van der Waals surface area contributed by atoms with Crippen LogP contribution in [0.25, 0.3) is 0 Å². The van der Waals surface area contributed by atoms with Crippen molar-refractivity contribution < 1.29 is 24.6 Å². The van der Waals surface area contributed by atoms with E-state index >= 15 is 0 Å². The molecule has 1 amide bonds. The van der Waals surface area contributed by atoms with Crippen molar-refractivity contribution in [3.05, 3.63) is 0 Å². The third-order valence-electron chi connectivity index (χ3n) is 3.77. The van der Waals surface area contributed by atoms with Crippen LogP contribution in [0, 0.1) is 0 Å². The monoisotopic (exact) mass is 329 g/mol. The summed E-state index contributed by atoms with van der Waals surface area (Å²) in [5.74, 6) is -2.34. The molecule has 134 valence electrons. The van der Waals surface area contributed by atoms with Gasteiger partial charge in [-0.15, -0.1) is 0 Å². The highest BCUT2D eigenvalue weighted by molar-refractivity contribution is 5.83.